The van der Waals surface area contributed by atoms with Gasteiger partial charge in [0.2, 0.25) is 15.9 Å². The summed E-state index contributed by atoms with van der Waals surface area (Å²) in [6, 6.07) is 3.44. The topological polar surface area (TPSA) is 66.9 Å². The summed E-state index contributed by atoms with van der Waals surface area (Å²) >= 11 is 0. The molecule has 8 heteroatoms. The minimum Gasteiger partial charge on any atom is -0.495 e. The first-order valence-corrected chi connectivity index (χ1v) is 10.00. The van der Waals surface area contributed by atoms with Gasteiger partial charge in [-0.05, 0) is 43.9 Å². The average molecular weight is 370 g/mol. The Morgan fingerprint density at radius 3 is 2.60 bits per heavy atom. The Morgan fingerprint density at radius 1 is 1.20 bits per heavy atom. The summed E-state index contributed by atoms with van der Waals surface area (Å²) in [4.78, 5) is 14.2. The standard InChI is InChI=1S/C17H23FN2O4S/c1-24-15-7-6-14(18)11-16(15)25(22,23)20-10-4-5-13(12-20)17(21)19-8-2-3-9-19/h6-7,11,13H,2-5,8-10,12H2,1H3. The number of rotatable bonds is 4. The number of benzene rings is 1. The van der Waals surface area contributed by atoms with Gasteiger partial charge < -0.3 is 9.64 Å². The van der Waals surface area contributed by atoms with E-state index in [2.05, 4.69) is 0 Å². The van der Waals surface area contributed by atoms with Crippen molar-refractivity contribution in [3.63, 3.8) is 0 Å². The second-order valence-corrected chi connectivity index (χ2v) is 8.44. The van der Waals surface area contributed by atoms with Gasteiger partial charge >= 0.3 is 0 Å². The molecular weight excluding hydrogens is 347 g/mol. The van der Waals surface area contributed by atoms with Gasteiger partial charge in [0.25, 0.3) is 0 Å². The van der Waals surface area contributed by atoms with Crippen molar-refractivity contribution in [1.82, 2.24) is 9.21 Å². The quantitative estimate of drug-likeness (QED) is 0.811. The fourth-order valence-corrected chi connectivity index (χ4v) is 5.24. The molecule has 0 saturated carbocycles. The predicted octanol–water partition coefficient (Wildman–Crippen LogP) is 1.86. The van der Waals surface area contributed by atoms with Crippen LogP contribution in [0.1, 0.15) is 25.7 Å². The predicted molar refractivity (Wildman–Crippen MR) is 90.2 cm³/mol. The van der Waals surface area contributed by atoms with Gasteiger partial charge in [-0.15, -0.1) is 0 Å². The average Bonchev–Trinajstić information content (AvgIpc) is 3.16. The van der Waals surface area contributed by atoms with Crippen molar-refractivity contribution in [2.24, 2.45) is 5.92 Å². The van der Waals surface area contributed by atoms with Gasteiger partial charge in [-0.1, -0.05) is 0 Å². The van der Waals surface area contributed by atoms with E-state index in [1.807, 2.05) is 4.90 Å². The van der Waals surface area contributed by atoms with Crippen LogP contribution in [-0.4, -0.2) is 56.8 Å². The third-order valence-corrected chi connectivity index (χ3v) is 6.78. The van der Waals surface area contributed by atoms with Crippen molar-refractivity contribution in [2.75, 3.05) is 33.3 Å². The van der Waals surface area contributed by atoms with Crippen LogP contribution in [-0.2, 0) is 14.8 Å². The Balaban J connectivity index is 1.82. The summed E-state index contributed by atoms with van der Waals surface area (Å²) in [5, 5.41) is 0. The molecular formula is C17H23FN2O4S. The lowest BCUT2D eigenvalue weighted by atomic mass is 9.98. The summed E-state index contributed by atoms with van der Waals surface area (Å²) in [7, 11) is -2.57. The highest BCUT2D eigenvalue weighted by Gasteiger charge is 2.36. The van der Waals surface area contributed by atoms with Crippen LogP contribution in [0.4, 0.5) is 4.39 Å². The lowest BCUT2D eigenvalue weighted by Crippen LogP contribution is -2.46. The number of hydrogen-bond donors (Lipinski definition) is 0. The molecule has 138 valence electrons. The van der Waals surface area contributed by atoms with Crippen molar-refractivity contribution in [1.29, 1.82) is 0 Å². The summed E-state index contributed by atoms with van der Waals surface area (Å²) in [6.45, 7) is 1.96. The maximum absolute atomic E-state index is 13.6. The summed E-state index contributed by atoms with van der Waals surface area (Å²) < 4.78 is 45.9. The van der Waals surface area contributed by atoms with Crippen LogP contribution in [0.5, 0.6) is 5.75 Å². The smallest absolute Gasteiger partial charge is 0.246 e. The van der Waals surface area contributed by atoms with Crippen molar-refractivity contribution in [3.05, 3.63) is 24.0 Å². The molecule has 25 heavy (non-hydrogen) atoms. The molecule has 2 saturated heterocycles. The van der Waals surface area contributed by atoms with E-state index >= 15 is 0 Å². The fourth-order valence-electron chi connectivity index (χ4n) is 3.55. The number of carbonyl (C=O) groups excluding carboxylic acids is 1. The fraction of sp³-hybridized carbons (Fsp3) is 0.588. The number of nitrogens with zero attached hydrogens (tertiary/aromatic N) is 2. The molecule has 1 unspecified atom stereocenters. The largest absolute Gasteiger partial charge is 0.495 e. The SMILES string of the molecule is COc1ccc(F)cc1S(=O)(=O)N1CCCC(C(=O)N2CCCC2)C1. The van der Waals surface area contributed by atoms with Crippen molar-refractivity contribution in [2.45, 2.75) is 30.6 Å². The summed E-state index contributed by atoms with van der Waals surface area (Å²) in [5.41, 5.74) is 0. The second kappa shape index (κ2) is 7.29. The first-order valence-electron chi connectivity index (χ1n) is 8.56. The number of methoxy groups -OCH3 is 1. The molecule has 0 spiro atoms. The minimum atomic E-state index is -3.92. The molecule has 0 bridgehead atoms. The zero-order valence-corrected chi connectivity index (χ0v) is 15.1. The maximum Gasteiger partial charge on any atom is 0.246 e. The van der Waals surface area contributed by atoms with Gasteiger partial charge in [0.05, 0.1) is 13.0 Å². The molecule has 6 nitrogen and oxygen atoms in total. The summed E-state index contributed by atoms with van der Waals surface area (Å²) in [5.74, 6) is -0.833. The highest BCUT2D eigenvalue weighted by Crippen LogP contribution is 2.31. The van der Waals surface area contributed by atoms with E-state index in [1.54, 1.807) is 0 Å². The molecule has 2 heterocycles. The Morgan fingerprint density at radius 2 is 1.92 bits per heavy atom. The van der Waals surface area contributed by atoms with Crippen LogP contribution in [0.2, 0.25) is 0 Å². The van der Waals surface area contributed by atoms with E-state index in [9.17, 15) is 17.6 Å². The molecule has 1 atom stereocenters. The number of likely N-dealkylation sites (tertiary alicyclic amines) is 1. The van der Waals surface area contributed by atoms with E-state index in [-0.39, 0.29) is 29.0 Å². The number of hydrogen-bond acceptors (Lipinski definition) is 4. The van der Waals surface area contributed by atoms with E-state index < -0.39 is 15.8 Å². The maximum atomic E-state index is 13.6. The number of piperidine rings is 1. The van der Waals surface area contributed by atoms with Crippen LogP contribution >= 0.6 is 0 Å². The monoisotopic (exact) mass is 370 g/mol. The van der Waals surface area contributed by atoms with E-state index in [1.165, 1.54) is 17.5 Å². The molecule has 2 fully saturated rings. The lowest BCUT2D eigenvalue weighted by Gasteiger charge is -2.33. The van der Waals surface area contributed by atoms with Gasteiger partial charge in [-0.2, -0.15) is 4.31 Å². The molecule has 2 aliphatic heterocycles. The Labute approximate surface area is 147 Å². The third-order valence-electron chi connectivity index (χ3n) is 4.89. The van der Waals surface area contributed by atoms with Crippen LogP contribution in [0.15, 0.2) is 23.1 Å². The molecule has 3 rings (SSSR count). The van der Waals surface area contributed by atoms with Gasteiger partial charge in [0.1, 0.15) is 16.5 Å². The number of ether oxygens (including phenoxy) is 1. The molecule has 1 aromatic carbocycles. The Hall–Kier alpha value is -1.67. The highest BCUT2D eigenvalue weighted by molar-refractivity contribution is 7.89. The van der Waals surface area contributed by atoms with Crippen LogP contribution in [0.3, 0.4) is 0 Å². The molecule has 1 aromatic rings. The normalized spacial score (nSPS) is 22.2. The third kappa shape index (κ3) is 3.64. The van der Waals surface area contributed by atoms with Gasteiger partial charge in [0.15, 0.2) is 0 Å². The van der Waals surface area contributed by atoms with Crippen molar-refractivity contribution in [3.8, 4) is 5.75 Å². The highest BCUT2D eigenvalue weighted by atomic mass is 32.2. The van der Waals surface area contributed by atoms with E-state index in [0.29, 0.717) is 19.4 Å². The minimum absolute atomic E-state index is 0.0311. The molecule has 0 N–H and O–H groups in total. The molecule has 0 aliphatic carbocycles. The first-order chi connectivity index (χ1) is 11.9. The molecule has 2 aliphatic rings. The zero-order chi connectivity index (χ0) is 18.0. The van der Waals surface area contributed by atoms with Gasteiger partial charge in [-0.3, -0.25) is 4.79 Å². The Kier molecular flexibility index (Phi) is 5.29. The molecule has 1 amide bonds. The number of amides is 1. The molecule has 0 aromatic heterocycles. The van der Waals surface area contributed by atoms with Crippen LogP contribution < -0.4 is 4.74 Å². The number of halogens is 1. The van der Waals surface area contributed by atoms with E-state index in [0.717, 1.165) is 38.1 Å². The number of carbonyl (C=O) groups is 1. The van der Waals surface area contributed by atoms with Crippen molar-refractivity contribution < 1.29 is 22.3 Å². The van der Waals surface area contributed by atoms with Crippen molar-refractivity contribution >= 4 is 15.9 Å². The summed E-state index contributed by atoms with van der Waals surface area (Å²) in [6.07, 6.45) is 3.30. The number of sulfonamides is 1. The Bertz CT molecular complexity index is 747. The van der Waals surface area contributed by atoms with Crippen LogP contribution in [0.25, 0.3) is 0 Å². The van der Waals surface area contributed by atoms with Gasteiger partial charge in [0, 0.05) is 26.2 Å². The van der Waals surface area contributed by atoms with Gasteiger partial charge in [-0.25, -0.2) is 12.8 Å². The lowest BCUT2D eigenvalue weighted by molar-refractivity contribution is -0.135. The molecule has 0 radical (unpaired) electrons. The first kappa shape index (κ1) is 18.1. The zero-order valence-electron chi connectivity index (χ0n) is 14.3. The van der Waals surface area contributed by atoms with E-state index in [4.69, 9.17) is 4.74 Å². The second-order valence-electron chi connectivity index (χ2n) is 6.53. The van der Waals surface area contributed by atoms with Crippen LogP contribution in [0, 0.1) is 11.7 Å².